The average molecular weight is 516 g/mol. The van der Waals surface area contributed by atoms with Crippen molar-refractivity contribution < 1.29 is 0 Å². The summed E-state index contributed by atoms with van der Waals surface area (Å²) in [5, 5.41) is 7.15. The van der Waals surface area contributed by atoms with Crippen LogP contribution in [-0.4, -0.2) is 68.1 Å². The van der Waals surface area contributed by atoms with E-state index in [0.29, 0.717) is 18.5 Å². The number of aliphatic imine (C=N–C) groups is 1. The molecule has 0 spiro atoms. The van der Waals surface area contributed by atoms with Gasteiger partial charge in [-0.25, -0.2) is 4.99 Å². The highest BCUT2D eigenvalue weighted by molar-refractivity contribution is 14.0. The van der Waals surface area contributed by atoms with Crippen LogP contribution in [0.25, 0.3) is 0 Å². The number of likely N-dealkylation sites (N-methyl/N-ethyl adjacent to an activating group) is 1. The number of unbranched alkanes of at least 4 members (excludes halogenated alkanes) is 1. The summed E-state index contributed by atoms with van der Waals surface area (Å²) < 4.78 is 0. The van der Waals surface area contributed by atoms with E-state index >= 15 is 0 Å². The number of hydrogen-bond donors (Lipinski definition) is 2. The molecule has 29 heavy (non-hydrogen) atoms. The van der Waals surface area contributed by atoms with Gasteiger partial charge in [0.1, 0.15) is 0 Å². The van der Waals surface area contributed by atoms with E-state index in [9.17, 15) is 0 Å². The SMILES string of the molecule is CCCCNC(=NCc1ccc(C)cc1)NCC(C(C)C)N1CCN(C)CC1.I. The third-order valence-electron chi connectivity index (χ3n) is 5.62. The van der Waals surface area contributed by atoms with Gasteiger partial charge >= 0.3 is 0 Å². The van der Waals surface area contributed by atoms with Crippen molar-refractivity contribution in [2.45, 2.75) is 53.1 Å². The Morgan fingerprint density at radius 2 is 1.72 bits per heavy atom. The van der Waals surface area contributed by atoms with E-state index in [1.807, 2.05) is 0 Å². The van der Waals surface area contributed by atoms with Crippen LogP contribution in [0, 0.1) is 12.8 Å². The topological polar surface area (TPSA) is 42.9 Å². The molecule has 1 saturated heterocycles. The summed E-state index contributed by atoms with van der Waals surface area (Å²) in [5.41, 5.74) is 2.54. The molecule has 166 valence electrons. The Labute approximate surface area is 195 Å². The predicted molar refractivity (Wildman–Crippen MR) is 136 cm³/mol. The van der Waals surface area contributed by atoms with Crippen molar-refractivity contribution in [3.63, 3.8) is 0 Å². The van der Waals surface area contributed by atoms with Gasteiger partial charge in [0.2, 0.25) is 0 Å². The minimum atomic E-state index is 0. The van der Waals surface area contributed by atoms with Crippen LogP contribution in [0.3, 0.4) is 0 Å². The van der Waals surface area contributed by atoms with E-state index in [4.69, 9.17) is 4.99 Å². The van der Waals surface area contributed by atoms with Gasteiger partial charge in [0, 0.05) is 45.3 Å². The summed E-state index contributed by atoms with van der Waals surface area (Å²) >= 11 is 0. The van der Waals surface area contributed by atoms with Crippen LogP contribution in [0.1, 0.15) is 44.7 Å². The highest BCUT2D eigenvalue weighted by Gasteiger charge is 2.25. The second-order valence-electron chi connectivity index (χ2n) is 8.46. The highest BCUT2D eigenvalue weighted by Crippen LogP contribution is 2.13. The number of nitrogens with zero attached hydrogens (tertiary/aromatic N) is 3. The Morgan fingerprint density at radius 1 is 1.07 bits per heavy atom. The molecule has 6 heteroatoms. The van der Waals surface area contributed by atoms with Gasteiger partial charge in [-0.05, 0) is 31.9 Å². The van der Waals surface area contributed by atoms with E-state index in [-0.39, 0.29) is 24.0 Å². The van der Waals surface area contributed by atoms with E-state index in [0.717, 1.165) is 51.6 Å². The fraction of sp³-hybridized carbons (Fsp3) is 0.696. The quantitative estimate of drug-likeness (QED) is 0.228. The summed E-state index contributed by atoms with van der Waals surface area (Å²) in [4.78, 5) is 9.91. The molecule has 1 heterocycles. The largest absolute Gasteiger partial charge is 0.356 e. The molecular weight excluding hydrogens is 473 g/mol. The van der Waals surface area contributed by atoms with Crippen LogP contribution in [0.2, 0.25) is 0 Å². The van der Waals surface area contributed by atoms with Crippen LogP contribution >= 0.6 is 24.0 Å². The fourth-order valence-electron chi connectivity index (χ4n) is 3.56. The molecule has 1 unspecified atom stereocenters. The second-order valence-corrected chi connectivity index (χ2v) is 8.46. The number of benzene rings is 1. The van der Waals surface area contributed by atoms with E-state index < -0.39 is 0 Å². The lowest BCUT2D eigenvalue weighted by Crippen LogP contribution is -2.55. The maximum atomic E-state index is 4.85. The molecule has 0 aromatic heterocycles. The highest BCUT2D eigenvalue weighted by atomic mass is 127. The molecule has 1 atom stereocenters. The van der Waals surface area contributed by atoms with Crippen molar-refractivity contribution in [2.24, 2.45) is 10.9 Å². The average Bonchev–Trinajstić information content (AvgIpc) is 2.68. The zero-order chi connectivity index (χ0) is 20.4. The molecule has 5 nitrogen and oxygen atoms in total. The van der Waals surface area contributed by atoms with Crippen molar-refractivity contribution in [1.82, 2.24) is 20.4 Å². The lowest BCUT2D eigenvalue weighted by Gasteiger charge is -2.40. The van der Waals surface area contributed by atoms with Gasteiger partial charge in [0.05, 0.1) is 6.54 Å². The molecule has 1 aliphatic heterocycles. The van der Waals surface area contributed by atoms with Crippen LogP contribution < -0.4 is 10.6 Å². The Hall–Kier alpha value is -0.860. The number of piperazine rings is 1. The van der Waals surface area contributed by atoms with Gasteiger partial charge in [-0.1, -0.05) is 57.0 Å². The summed E-state index contributed by atoms with van der Waals surface area (Å²) in [6, 6.07) is 9.19. The van der Waals surface area contributed by atoms with Crippen molar-refractivity contribution >= 4 is 29.9 Å². The molecule has 0 aliphatic carbocycles. The van der Waals surface area contributed by atoms with E-state index in [1.165, 1.54) is 17.5 Å². The summed E-state index contributed by atoms with van der Waals surface area (Å²) in [6.45, 7) is 16.2. The number of rotatable bonds is 9. The van der Waals surface area contributed by atoms with E-state index in [1.54, 1.807) is 0 Å². The third kappa shape index (κ3) is 9.66. The van der Waals surface area contributed by atoms with E-state index in [2.05, 4.69) is 79.4 Å². The molecule has 2 N–H and O–H groups in total. The van der Waals surface area contributed by atoms with Crippen LogP contribution in [0.15, 0.2) is 29.3 Å². The fourth-order valence-corrected chi connectivity index (χ4v) is 3.56. The van der Waals surface area contributed by atoms with Gasteiger partial charge in [-0.15, -0.1) is 24.0 Å². The predicted octanol–water partition coefficient (Wildman–Crippen LogP) is 3.72. The van der Waals surface area contributed by atoms with Crippen molar-refractivity contribution in [2.75, 3.05) is 46.3 Å². The number of nitrogens with one attached hydrogen (secondary N) is 2. The molecule has 1 fully saturated rings. The lowest BCUT2D eigenvalue weighted by atomic mass is 10.0. The monoisotopic (exact) mass is 515 g/mol. The zero-order valence-electron chi connectivity index (χ0n) is 19.1. The van der Waals surface area contributed by atoms with Crippen molar-refractivity contribution in [1.29, 1.82) is 0 Å². The summed E-state index contributed by atoms with van der Waals surface area (Å²) in [6.07, 6.45) is 2.35. The van der Waals surface area contributed by atoms with Gasteiger partial charge < -0.3 is 15.5 Å². The maximum absolute atomic E-state index is 4.85. The Balaban J connectivity index is 0.00000420. The normalized spacial score (nSPS) is 17.1. The number of aryl methyl sites for hydroxylation is 1. The minimum Gasteiger partial charge on any atom is -0.356 e. The van der Waals surface area contributed by atoms with Crippen molar-refractivity contribution in [3.8, 4) is 0 Å². The first kappa shape index (κ1) is 26.2. The molecule has 2 rings (SSSR count). The van der Waals surface area contributed by atoms with Gasteiger partial charge in [-0.2, -0.15) is 0 Å². The standard InChI is InChI=1S/C23H41N5.HI/c1-6-7-12-24-23(25-17-21-10-8-20(4)9-11-21)26-18-22(19(2)3)28-15-13-27(5)14-16-28;/h8-11,19,22H,6-7,12-18H2,1-5H3,(H2,24,25,26);1H. The molecule has 1 aromatic carbocycles. The lowest BCUT2D eigenvalue weighted by molar-refractivity contribution is 0.0900. The molecule has 0 saturated carbocycles. The first-order chi connectivity index (χ1) is 13.5. The number of halogens is 1. The van der Waals surface area contributed by atoms with Gasteiger partial charge in [0.25, 0.3) is 0 Å². The minimum absolute atomic E-state index is 0. The molecule has 0 radical (unpaired) electrons. The molecule has 1 aliphatic rings. The van der Waals surface area contributed by atoms with Gasteiger partial charge in [0.15, 0.2) is 5.96 Å². The third-order valence-corrected chi connectivity index (χ3v) is 5.62. The molecular formula is C23H42IN5. The van der Waals surface area contributed by atoms with Gasteiger partial charge in [-0.3, -0.25) is 4.90 Å². The molecule has 1 aromatic rings. The van der Waals surface area contributed by atoms with Crippen LogP contribution in [0.5, 0.6) is 0 Å². The maximum Gasteiger partial charge on any atom is 0.191 e. The Morgan fingerprint density at radius 3 is 2.31 bits per heavy atom. The summed E-state index contributed by atoms with van der Waals surface area (Å²) in [7, 11) is 2.22. The number of hydrogen-bond acceptors (Lipinski definition) is 3. The second kappa shape index (κ2) is 14.2. The smallest absolute Gasteiger partial charge is 0.191 e. The van der Waals surface area contributed by atoms with Crippen LogP contribution in [-0.2, 0) is 6.54 Å². The van der Waals surface area contributed by atoms with Crippen molar-refractivity contribution in [3.05, 3.63) is 35.4 Å². The molecule has 0 amide bonds. The first-order valence-electron chi connectivity index (χ1n) is 11.0. The van der Waals surface area contributed by atoms with Crippen LogP contribution in [0.4, 0.5) is 0 Å². The summed E-state index contributed by atoms with van der Waals surface area (Å²) in [5.74, 6) is 1.55. The number of guanidine groups is 1. The Bertz CT molecular complexity index is 579. The molecule has 0 bridgehead atoms. The zero-order valence-corrected chi connectivity index (χ0v) is 21.4. The first-order valence-corrected chi connectivity index (χ1v) is 11.0. The Kier molecular flexibility index (Phi) is 12.8.